The van der Waals surface area contributed by atoms with Crippen molar-refractivity contribution in [2.45, 2.75) is 30.6 Å². The monoisotopic (exact) mass is 559 g/mol. The van der Waals surface area contributed by atoms with Crippen molar-refractivity contribution in [1.29, 1.82) is 0 Å². The van der Waals surface area contributed by atoms with Gasteiger partial charge >= 0.3 is 0 Å². The summed E-state index contributed by atoms with van der Waals surface area (Å²) >= 11 is 0. The van der Waals surface area contributed by atoms with Crippen molar-refractivity contribution in [3.05, 3.63) is 77.6 Å². The van der Waals surface area contributed by atoms with Gasteiger partial charge in [-0.1, -0.05) is 12.1 Å². The Hall–Kier alpha value is -3.93. The molecule has 1 atom stereocenters. The zero-order valence-electron chi connectivity index (χ0n) is 22.0. The van der Waals surface area contributed by atoms with Crippen molar-refractivity contribution < 1.29 is 22.7 Å². The Kier molecular flexibility index (Phi) is 7.18. The van der Waals surface area contributed by atoms with Crippen LogP contribution in [0.2, 0.25) is 0 Å². The Balaban J connectivity index is 1.18. The maximum Gasteiger partial charge on any atom is 0.251 e. The van der Waals surface area contributed by atoms with Gasteiger partial charge in [-0.25, -0.2) is 18.4 Å². The molecule has 0 bridgehead atoms. The molecule has 40 heavy (non-hydrogen) atoms. The zero-order valence-corrected chi connectivity index (χ0v) is 22.9. The Morgan fingerprint density at radius 3 is 2.75 bits per heavy atom. The largest absolute Gasteiger partial charge is 0.376 e. The van der Waals surface area contributed by atoms with E-state index in [9.17, 15) is 13.2 Å². The number of nitrogens with one attached hydrogen (secondary N) is 1. The van der Waals surface area contributed by atoms with Crippen molar-refractivity contribution in [2.24, 2.45) is 0 Å². The van der Waals surface area contributed by atoms with Gasteiger partial charge in [0.1, 0.15) is 5.82 Å². The Morgan fingerprint density at radius 2 is 1.93 bits per heavy atom. The van der Waals surface area contributed by atoms with Crippen LogP contribution in [0.15, 0.2) is 65.7 Å². The highest BCUT2D eigenvalue weighted by Gasteiger charge is 2.24. The number of sulfone groups is 1. The molecule has 3 aromatic heterocycles. The minimum absolute atomic E-state index is 0.104. The molecule has 1 saturated heterocycles. The summed E-state index contributed by atoms with van der Waals surface area (Å²) in [5, 5.41) is 3.71. The first-order valence-corrected chi connectivity index (χ1v) is 14.8. The third-order valence-corrected chi connectivity index (χ3v) is 8.89. The molecule has 10 nitrogen and oxygen atoms in total. The van der Waals surface area contributed by atoms with Crippen LogP contribution in [0.4, 0.5) is 5.82 Å². The number of benzene rings is 1. The van der Waals surface area contributed by atoms with Crippen LogP contribution in [0.25, 0.3) is 22.3 Å². The molecular weight excluding hydrogens is 530 g/mol. The van der Waals surface area contributed by atoms with Crippen LogP contribution >= 0.6 is 0 Å². The number of pyridine rings is 3. The number of fused-ring (bicyclic) bond motifs is 2. The van der Waals surface area contributed by atoms with E-state index < -0.39 is 9.84 Å². The van der Waals surface area contributed by atoms with E-state index in [-0.39, 0.29) is 48.0 Å². The van der Waals surface area contributed by atoms with Crippen LogP contribution in [0.5, 0.6) is 0 Å². The van der Waals surface area contributed by atoms with Gasteiger partial charge in [0.15, 0.2) is 9.84 Å². The molecule has 0 spiro atoms. The highest BCUT2D eigenvalue weighted by molar-refractivity contribution is 7.91. The quantitative estimate of drug-likeness (QED) is 0.364. The lowest BCUT2D eigenvalue weighted by molar-refractivity contribution is -0.0440. The first kappa shape index (κ1) is 26.3. The van der Waals surface area contributed by atoms with E-state index in [1.54, 1.807) is 18.3 Å². The number of anilines is 1. The van der Waals surface area contributed by atoms with Crippen molar-refractivity contribution >= 4 is 32.5 Å². The van der Waals surface area contributed by atoms with Gasteiger partial charge in [-0.2, -0.15) is 0 Å². The Bertz CT molecular complexity index is 1690. The molecule has 206 valence electrons. The topological polar surface area (TPSA) is 124 Å². The predicted octanol–water partition coefficient (Wildman–Crippen LogP) is 3.15. The summed E-state index contributed by atoms with van der Waals surface area (Å²) in [4.78, 5) is 29.2. The SMILES string of the molecule is CN(C[C@H]1CCO1)c1cccc(-c2ccc3cnc(CNC(=O)c4ccc5c(c4)S(=O)(=O)CCOC5)cc3n2)n1. The summed E-state index contributed by atoms with van der Waals surface area (Å²) in [6, 6.07) is 16.2. The average molecular weight is 560 g/mol. The zero-order chi connectivity index (χ0) is 27.7. The molecule has 2 aliphatic rings. The van der Waals surface area contributed by atoms with Crippen molar-refractivity contribution in [2.75, 3.05) is 37.5 Å². The molecule has 1 fully saturated rings. The maximum atomic E-state index is 12.9. The minimum Gasteiger partial charge on any atom is -0.376 e. The van der Waals surface area contributed by atoms with E-state index >= 15 is 0 Å². The number of hydrogen-bond acceptors (Lipinski definition) is 9. The molecule has 4 aromatic rings. The second kappa shape index (κ2) is 10.9. The molecule has 6 rings (SSSR count). The third-order valence-electron chi connectivity index (χ3n) is 7.14. The molecule has 11 heteroatoms. The lowest BCUT2D eigenvalue weighted by Crippen LogP contribution is -2.38. The van der Waals surface area contributed by atoms with E-state index in [0.717, 1.165) is 47.7 Å². The lowest BCUT2D eigenvalue weighted by atomic mass is 10.1. The molecule has 0 aliphatic carbocycles. The van der Waals surface area contributed by atoms with Gasteiger partial charge in [0.2, 0.25) is 0 Å². The van der Waals surface area contributed by atoms with Gasteiger partial charge < -0.3 is 19.7 Å². The van der Waals surface area contributed by atoms with Crippen molar-refractivity contribution in [3.8, 4) is 11.4 Å². The number of carbonyl (C=O) groups is 1. The summed E-state index contributed by atoms with van der Waals surface area (Å²) in [5.41, 5.74) is 3.69. The summed E-state index contributed by atoms with van der Waals surface area (Å²) in [5.74, 6) is 0.364. The number of amides is 1. The van der Waals surface area contributed by atoms with Crippen LogP contribution in [-0.4, -0.2) is 67.9 Å². The molecule has 0 unspecified atom stereocenters. The van der Waals surface area contributed by atoms with E-state index in [0.29, 0.717) is 11.3 Å². The standard InChI is InChI=1S/C29H29N5O5S/c1-34(17-23-9-10-39-23)28-4-2-3-24(33-28)25-8-7-20-15-30-22(14-26(20)32-25)16-31-29(35)19-5-6-21-18-38-11-12-40(36,37)27(21)13-19/h2-8,13-15,23H,9-12,16-18H2,1H3,(H,31,35)/t23-/m1/s1. The molecule has 5 heterocycles. The summed E-state index contributed by atoms with van der Waals surface area (Å²) in [6.07, 6.45) is 3.04. The fourth-order valence-corrected chi connectivity index (χ4v) is 6.13. The number of rotatable bonds is 7. The predicted molar refractivity (Wildman–Crippen MR) is 150 cm³/mol. The first-order chi connectivity index (χ1) is 19.4. The van der Waals surface area contributed by atoms with Gasteiger partial charge in [0, 0.05) is 37.3 Å². The van der Waals surface area contributed by atoms with E-state index in [2.05, 4.69) is 15.2 Å². The highest BCUT2D eigenvalue weighted by atomic mass is 32.2. The van der Waals surface area contributed by atoms with Crippen LogP contribution in [0.1, 0.15) is 28.0 Å². The summed E-state index contributed by atoms with van der Waals surface area (Å²) < 4.78 is 36.1. The Morgan fingerprint density at radius 1 is 1.07 bits per heavy atom. The summed E-state index contributed by atoms with van der Waals surface area (Å²) in [7, 11) is -1.50. The van der Waals surface area contributed by atoms with E-state index in [1.165, 1.54) is 6.07 Å². The highest BCUT2D eigenvalue weighted by Crippen LogP contribution is 2.24. The van der Waals surface area contributed by atoms with Crippen molar-refractivity contribution in [1.82, 2.24) is 20.3 Å². The summed E-state index contributed by atoms with van der Waals surface area (Å²) in [6.45, 7) is 2.11. The fraction of sp³-hybridized carbons (Fsp3) is 0.310. The number of aromatic nitrogens is 3. The Labute approximate surface area is 232 Å². The van der Waals surface area contributed by atoms with Crippen molar-refractivity contribution in [3.63, 3.8) is 0 Å². The van der Waals surface area contributed by atoms with Gasteiger partial charge in [-0.15, -0.1) is 0 Å². The lowest BCUT2D eigenvalue weighted by Gasteiger charge is -2.31. The van der Waals surface area contributed by atoms with Crippen LogP contribution in [-0.2, 0) is 32.5 Å². The van der Waals surface area contributed by atoms with Gasteiger partial charge in [0.05, 0.1) is 59.1 Å². The fourth-order valence-electron chi connectivity index (χ4n) is 4.74. The molecule has 0 saturated carbocycles. The number of likely N-dealkylation sites (N-methyl/N-ethyl adjacent to an activating group) is 1. The molecule has 1 N–H and O–H groups in total. The molecule has 0 radical (unpaired) electrons. The number of ether oxygens (including phenoxy) is 2. The first-order valence-electron chi connectivity index (χ1n) is 13.1. The average Bonchev–Trinajstić information content (AvgIpc) is 3.10. The second-order valence-electron chi connectivity index (χ2n) is 9.98. The van der Waals surface area contributed by atoms with Crippen LogP contribution in [0, 0.1) is 0 Å². The van der Waals surface area contributed by atoms with E-state index in [1.807, 2.05) is 43.4 Å². The van der Waals surface area contributed by atoms with Gasteiger partial charge in [-0.3, -0.25) is 9.78 Å². The molecular formula is C29H29N5O5S. The number of hydrogen-bond donors (Lipinski definition) is 1. The third kappa shape index (κ3) is 5.53. The van der Waals surface area contributed by atoms with Crippen LogP contribution in [0.3, 0.4) is 0 Å². The number of carbonyl (C=O) groups excluding carboxylic acids is 1. The van der Waals surface area contributed by atoms with E-state index in [4.69, 9.17) is 19.4 Å². The normalized spacial score (nSPS) is 17.9. The molecule has 1 aromatic carbocycles. The van der Waals surface area contributed by atoms with Gasteiger partial charge in [-0.05, 0) is 54.4 Å². The van der Waals surface area contributed by atoms with Crippen LogP contribution < -0.4 is 10.2 Å². The smallest absolute Gasteiger partial charge is 0.251 e. The second-order valence-corrected chi connectivity index (χ2v) is 12.1. The molecule has 2 aliphatic heterocycles. The molecule has 1 amide bonds. The minimum atomic E-state index is -3.50. The van der Waals surface area contributed by atoms with Gasteiger partial charge in [0.25, 0.3) is 5.91 Å². The maximum absolute atomic E-state index is 12.9. The number of nitrogens with zero attached hydrogens (tertiary/aromatic N) is 4.